The normalized spacial score (nSPS) is 12.1. The second-order valence-electron chi connectivity index (χ2n) is 4.95. The molecule has 21 heavy (non-hydrogen) atoms. The lowest BCUT2D eigenvalue weighted by molar-refractivity contribution is 0.404. The number of hydrogen-bond acceptors (Lipinski definition) is 2. The second kappa shape index (κ2) is 6.71. The Kier molecular flexibility index (Phi) is 5.17. The highest BCUT2D eigenvalue weighted by Gasteiger charge is 2.20. The van der Waals surface area contributed by atoms with E-state index in [0.717, 1.165) is 38.2 Å². The Morgan fingerprint density at radius 3 is 2.19 bits per heavy atom. The third-order valence-electron chi connectivity index (χ3n) is 3.44. The summed E-state index contributed by atoms with van der Waals surface area (Å²) in [5.74, 6) is 1.55. The Labute approximate surface area is 139 Å². The van der Waals surface area contributed by atoms with E-state index >= 15 is 0 Å². The molecule has 4 heteroatoms. The maximum Gasteiger partial charge on any atom is 0.124 e. The summed E-state index contributed by atoms with van der Waals surface area (Å²) < 4.78 is 11.9. The molecule has 2 aromatic carbocycles. The van der Waals surface area contributed by atoms with Gasteiger partial charge in [-0.05, 0) is 37.6 Å². The molecule has 0 fully saturated rings. The van der Waals surface area contributed by atoms with Crippen molar-refractivity contribution in [3.8, 4) is 11.5 Å². The van der Waals surface area contributed by atoms with Crippen molar-refractivity contribution in [2.75, 3.05) is 14.2 Å². The summed E-state index contributed by atoms with van der Waals surface area (Å²) in [4.78, 5) is 0. The standard InChI is InChI=1S/C17H18BrClO2/c1-10-5-6-15(20-3)12(7-10)17(19)13-9-14(18)11(2)8-16(13)21-4/h5-9,17H,1-4H3. The van der Waals surface area contributed by atoms with Crippen molar-refractivity contribution in [2.45, 2.75) is 19.2 Å². The Balaban J connectivity index is 2.56. The molecule has 0 aromatic heterocycles. The molecule has 0 saturated carbocycles. The molecule has 0 aliphatic carbocycles. The van der Waals surface area contributed by atoms with Gasteiger partial charge in [-0.15, -0.1) is 11.6 Å². The van der Waals surface area contributed by atoms with E-state index < -0.39 is 0 Å². The molecule has 0 radical (unpaired) electrons. The quantitative estimate of drug-likeness (QED) is 0.671. The van der Waals surface area contributed by atoms with Gasteiger partial charge >= 0.3 is 0 Å². The minimum atomic E-state index is -0.341. The number of benzene rings is 2. The number of ether oxygens (including phenoxy) is 2. The molecule has 0 heterocycles. The highest BCUT2D eigenvalue weighted by atomic mass is 79.9. The SMILES string of the molecule is COc1ccc(C)cc1C(Cl)c1cc(Br)c(C)cc1OC. The number of rotatable bonds is 4. The monoisotopic (exact) mass is 368 g/mol. The van der Waals surface area contributed by atoms with E-state index in [9.17, 15) is 0 Å². The Morgan fingerprint density at radius 2 is 1.57 bits per heavy atom. The summed E-state index contributed by atoms with van der Waals surface area (Å²) in [5, 5.41) is -0.341. The van der Waals surface area contributed by atoms with Gasteiger partial charge in [-0.3, -0.25) is 0 Å². The Morgan fingerprint density at radius 1 is 0.952 bits per heavy atom. The average Bonchev–Trinajstić information content (AvgIpc) is 2.48. The van der Waals surface area contributed by atoms with Gasteiger partial charge in [-0.2, -0.15) is 0 Å². The molecule has 0 N–H and O–H groups in total. The van der Waals surface area contributed by atoms with Gasteiger partial charge in [0.2, 0.25) is 0 Å². The molecular weight excluding hydrogens is 352 g/mol. The molecule has 2 rings (SSSR count). The van der Waals surface area contributed by atoms with Crippen LogP contribution in [-0.2, 0) is 0 Å². The summed E-state index contributed by atoms with van der Waals surface area (Å²) in [6, 6.07) is 9.98. The van der Waals surface area contributed by atoms with Gasteiger partial charge in [0, 0.05) is 15.6 Å². The van der Waals surface area contributed by atoms with E-state index in [2.05, 4.69) is 15.9 Å². The first kappa shape index (κ1) is 16.2. The van der Waals surface area contributed by atoms with Gasteiger partial charge in [0.05, 0.1) is 19.6 Å². The molecule has 1 unspecified atom stereocenters. The number of alkyl halides is 1. The topological polar surface area (TPSA) is 18.5 Å². The van der Waals surface area contributed by atoms with Crippen LogP contribution in [0.5, 0.6) is 11.5 Å². The molecule has 0 aliphatic heterocycles. The summed E-state index contributed by atoms with van der Waals surface area (Å²) >= 11 is 10.3. The third kappa shape index (κ3) is 3.35. The van der Waals surface area contributed by atoms with Crippen molar-refractivity contribution in [2.24, 2.45) is 0 Å². The lowest BCUT2D eigenvalue weighted by atomic mass is 9.99. The van der Waals surface area contributed by atoms with Crippen molar-refractivity contribution in [1.82, 2.24) is 0 Å². The predicted octanol–water partition coefficient (Wildman–Crippen LogP) is 5.41. The van der Waals surface area contributed by atoms with Crippen LogP contribution in [0.25, 0.3) is 0 Å². The first-order valence-corrected chi connectivity index (χ1v) is 7.83. The maximum absolute atomic E-state index is 6.71. The molecule has 112 valence electrons. The van der Waals surface area contributed by atoms with Crippen molar-refractivity contribution in [3.05, 3.63) is 57.1 Å². The van der Waals surface area contributed by atoms with Gasteiger partial charge in [0.25, 0.3) is 0 Å². The van der Waals surface area contributed by atoms with Crippen LogP contribution < -0.4 is 9.47 Å². The maximum atomic E-state index is 6.71. The Bertz CT molecular complexity index is 655. The molecular formula is C17H18BrClO2. The van der Waals surface area contributed by atoms with E-state index in [1.807, 2.05) is 44.2 Å². The number of hydrogen-bond donors (Lipinski definition) is 0. The highest BCUT2D eigenvalue weighted by molar-refractivity contribution is 9.10. The predicted molar refractivity (Wildman–Crippen MR) is 90.9 cm³/mol. The van der Waals surface area contributed by atoms with E-state index in [4.69, 9.17) is 21.1 Å². The molecule has 1 atom stereocenters. The average molecular weight is 370 g/mol. The molecule has 0 spiro atoms. The molecule has 0 aliphatic rings. The van der Waals surface area contributed by atoms with Crippen LogP contribution in [0.15, 0.2) is 34.8 Å². The van der Waals surface area contributed by atoms with E-state index in [-0.39, 0.29) is 5.38 Å². The second-order valence-corrected chi connectivity index (χ2v) is 6.24. The largest absolute Gasteiger partial charge is 0.496 e. The summed E-state index contributed by atoms with van der Waals surface area (Å²) in [7, 11) is 3.31. The fourth-order valence-electron chi connectivity index (χ4n) is 2.26. The van der Waals surface area contributed by atoms with E-state index in [1.165, 1.54) is 0 Å². The first-order valence-electron chi connectivity index (χ1n) is 6.60. The minimum Gasteiger partial charge on any atom is -0.496 e. The lowest BCUT2D eigenvalue weighted by Gasteiger charge is -2.18. The molecule has 0 bridgehead atoms. The highest BCUT2D eigenvalue weighted by Crippen LogP contribution is 2.41. The van der Waals surface area contributed by atoms with Crippen LogP contribution in [0, 0.1) is 13.8 Å². The van der Waals surface area contributed by atoms with Crippen molar-refractivity contribution in [1.29, 1.82) is 0 Å². The molecule has 2 nitrogen and oxygen atoms in total. The summed E-state index contributed by atoms with van der Waals surface area (Å²) in [6.45, 7) is 4.06. The van der Waals surface area contributed by atoms with Crippen LogP contribution in [0.4, 0.5) is 0 Å². The third-order valence-corrected chi connectivity index (χ3v) is 4.77. The Hall–Kier alpha value is -1.19. The van der Waals surface area contributed by atoms with Gasteiger partial charge < -0.3 is 9.47 Å². The fourth-order valence-corrected chi connectivity index (χ4v) is 2.97. The van der Waals surface area contributed by atoms with Crippen molar-refractivity contribution in [3.63, 3.8) is 0 Å². The van der Waals surface area contributed by atoms with Crippen molar-refractivity contribution < 1.29 is 9.47 Å². The van der Waals surface area contributed by atoms with Crippen LogP contribution in [-0.4, -0.2) is 14.2 Å². The van der Waals surface area contributed by atoms with E-state index in [0.29, 0.717) is 0 Å². The number of halogens is 2. The van der Waals surface area contributed by atoms with Gasteiger partial charge in [0.15, 0.2) is 0 Å². The summed E-state index contributed by atoms with van der Waals surface area (Å²) in [6.07, 6.45) is 0. The molecule has 2 aromatic rings. The number of methoxy groups -OCH3 is 2. The minimum absolute atomic E-state index is 0.341. The zero-order valence-corrected chi connectivity index (χ0v) is 14.9. The van der Waals surface area contributed by atoms with Gasteiger partial charge in [-0.25, -0.2) is 0 Å². The first-order chi connectivity index (χ1) is 9.97. The van der Waals surface area contributed by atoms with Crippen LogP contribution in [0.1, 0.15) is 27.6 Å². The summed E-state index contributed by atoms with van der Waals surface area (Å²) in [5.41, 5.74) is 4.10. The van der Waals surface area contributed by atoms with Crippen LogP contribution in [0.2, 0.25) is 0 Å². The molecule has 0 amide bonds. The zero-order valence-electron chi connectivity index (χ0n) is 12.5. The number of aryl methyl sites for hydroxylation is 2. The van der Waals surface area contributed by atoms with Gasteiger partial charge in [-0.1, -0.05) is 33.6 Å². The van der Waals surface area contributed by atoms with Crippen LogP contribution >= 0.6 is 27.5 Å². The molecule has 0 saturated heterocycles. The fraction of sp³-hybridized carbons (Fsp3) is 0.294. The van der Waals surface area contributed by atoms with Crippen LogP contribution in [0.3, 0.4) is 0 Å². The zero-order chi connectivity index (χ0) is 15.6. The van der Waals surface area contributed by atoms with Crippen molar-refractivity contribution >= 4 is 27.5 Å². The smallest absolute Gasteiger partial charge is 0.124 e. The van der Waals surface area contributed by atoms with E-state index in [1.54, 1.807) is 14.2 Å². The van der Waals surface area contributed by atoms with Gasteiger partial charge in [0.1, 0.15) is 11.5 Å². The lowest BCUT2D eigenvalue weighted by Crippen LogP contribution is -2.01.